The quantitative estimate of drug-likeness (QED) is 0.861. The second kappa shape index (κ2) is 6.35. The summed E-state index contributed by atoms with van der Waals surface area (Å²) < 4.78 is 19.3. The Morgan fingerprint density at radius 1 is 1.32 bits per heavy atom. The lowest BCUT2D eigenvalue weighted by molar-refractivity contribution is -0.0170. The molecule has 0 fully saturated rings. The fourth-order valence-corrected chi connectivity index (χ4v) is 2.70. The Kier molecular flexibility index (Phi) is 5.32. The predicted molar refractivity (Wildman–Crippen MR) is 74.9 cm³/mol. The first-order valence-corrected chi connectivity index (χ1v) is 6.62. The van der Waals surface area contributed by atoms with Crippen molar-refractivity contribution in [2.75, 3.05) is 21.2 Å². The summed E-state index contributed by atoms with van der Waals surface area (Å²) in [5.41, 5.74) is -0.190. The van der Waals surface area contributed by atoms with Gasteiger partial charge < -0.3 is 14.7 Å². The molecular weight excluding hydrogens is 245 g/mol. The first-order valence-electron chi connectivity index (χ1n) is 6.62. The van der Waals surface area contributed by atoms with Gasteiger partial charge in [0.1, 0.15) is 6.10 Å². The van der Waals surface area contributed by atoms with Crippen molar-refractivity contribution in [3.63, 3.8) is 0 Å². The van der Waals surface area contributed by atoms with Crippen molar-refractivity contribution >= 4 is 0 Å². The zero-order valence-electron chi connectivity index (χ0n) is 12.4. The summed E-state index contributed by atoms with van der Waals surface area (Å²) in [6.45, 7) is 4.01. The highest BCUT2D eigenvalue weighted by Gasteiger charge is 2.39. The molecular formula is C15H24FNO2. The monoisotopic (exact) mass is 269 g/mol. The Morgan fingerprint density at radius 2 is 1.89 bits per heavy atom. The van der Waals surface area contributed by atoms with Crippen LogP contribution >= 0.6 is 0 Å². The van der Waals surface area contributed by atoms with Crippen LogP contribution in [0.1, 0.15) is 38.4 Å². The van der Waals surface area contributed by atoms with Gasteiger partial charge in [-0.1, -0.05) is 26.0 Å². The highest BCUT2D eigenvalue weighted by molar-refractivity contribution is 5.34. The van der Waals surface area contributed by atoms with Crippen molar-refractivity contribution in [3.8, 4) is 5.75 Å². The molecule has 0 aromatic heterocycles. The molecule has 0 aliphatic rings. The van der Waals surface area contributed by atoms with Gasteiger partial charge in [0.2, 0.25) is 0 Å². The number of hydrogen-bond donors (Lipinski definition) is 1. The highest BCUT2D eigenvalue weighted by Crippen LogP contribution is 2.38. The zero-order valence-corrected chi connectivity index (χ0v) is 12.4. The third-order valence-corrected chi connectivity index (χ3v) is 4.13. The van der Waals surface area contributed by atoms with Crippen molar-refractivity contribution in [2.45, 2.75) is 38.3 Å². The molecule has 1 aromatic carbocycles. The number of halogens is 1. The van der Waals surface area contributed by atoms with Crippen LogP contribution in [-0.4, -0.2) is 36.8 Å². The van der Waals surface area contributed by atoms with E-state index in [1.54, 1.807) is 18.2 Å². The molecule has 3 nitrogen and oxygen atoms in total. The molecule has 1 aromatic rings. The first kappa shape index (κ1) is 15.9. The van der Waals surface area contributed by atoms with E-state index in [-0.39, 0.29) is 11.3 Å². The van der Waals surface area contributed by atoms with Crippen LogP contribution in [-0.2, 0) is 0 Å². The third-order valence-electron chi connectivity index (χ3n) is 4.13. The average molecular weight is 269 g/mol. The van der Waals surface area contributed by atoms with Gasteiger partial charge in [0, 0.05) is 5.56 Å². The van der Waals surface area contributed by atoms with E-state index in [9.17, 15) is 9.50 Å². The Balaban J connectivity index is 3.28. The van der Waals surface area contributed by atoms with Crippen molar-refractivity contribution in [1.29, 1.82) is 0 Å². The number of hydrogen-bond acceptors (Lipinski definition) is 3. The van der Waals surface area contributed by atoms with Gasteiger partial charge in [-0.2, -0.15) is 0 Å². The maximum absolute atomic E-state index is 14.3. The minimum absolute atomic E-state index is 0.163. The molecule has 1 unspecified atom stereocenters. The van der Waals surface area contributed by atoms with Crippen molar-refractivity contribution in [3.05, 3.63) is 29.6 Å². The number of rotatable bonds is 6. The molecule has 1 atom stereocenters. The molecule has 1 N–H and O–H groups in total. The summed E-state index contributed by atoms with van der Waals surface area (Å²) in [6, 6.07) is 4.87. The lowest BCUT2D eigenvalue weighted by Gasteiger charge is -2.42. The number of likely N-dealkylation sites (N-methyl/N-ethyl adjacent to an activating group) is 1. The Labute approximate surface area is 115 Å². The largest absolute Gasteiger partial charge is 0.494 e. The molecule has 0 saturated carbocycles. The maximum atomic E-state index is 14.3. The average Bonchev–Trinajstić information content (AvgIpc) is 2.40. The van der Waals surface area contributed by atoms with Crippen molar-refractivity contribution < 1.29 is 14.2 Å². The van der Waals surface area contributed by atoms with E-state index in [0.29, 0.717) is 0 Å². The lowest BCUT2D eigenvalue weighted by Crippen LogP contribution is -2.48. The van der Waals surface area contributed by atoms with Crippen LogP contribution in [0.15, 0.2) is 18.2 Å². The topological polar surface area (TPSA) is 32.7 Å². The number of ether oxygens (including phenoxy) is 1. The summed E-state index contributed by atoms with van der Waals surface area (Å²) in [4.78, 5) is 1.97. The van der Waals surface area contributed by atoms with Gasteiger partial charge in [-0.3, -0.25) is 0 Å². The Hall–Kier alpha value is -1.13. The van der Waals surface area contributed by atoms with Crippen LogP contribution in [0.5, 0.6) is 5.75 Å². The van der Waals surface area contributed by atoms with Crippen molar-refractivity contribution in [1.82, 2.24) is 4.90 Å². The molecule has 0 saturated heterocycles. The molecule has 4 heteroatoms. The molecule has 0 amide bonds. The second-order valence-electron chi connectivity index (χ2n) is 4.97. The van der Waals surface area contributed by atoms with Crippen LogP contribution in [0.25, 0.3) is 0 Å². The van der Waals surface area contributed by atoms with E-state index in [4.69, 9.17) is 4.74 Å². The summed E-state index contributed by atoms with van der Waals surface area (Å²) in [6.07, 6.45) is 0.565. The Morgan fingerprint density at radius 3 is 2.32 bits per heavy atom. The summed E-state index contributed by atoms with van der Waals surface area (Å²) in [7, 11) is 5.25. The molecule has 0 aliphatic heterocycles. The van der Waals surface area contributed by atoms with Gasteiger partial charge in [0.05, 0.1) is 12.6 Å². The van der Waals surface area contributed by atoms with Gasteiger partial charge in [0.15, 0.2) is 11.6 Å². The minimum atomic E-state index is -0.896. The molecule has 0 spiro atoms. The normalized spacial score (nSPS) is 13.7. The molecule has 19 heavy (non-hydrogen) atoms. The molecule has 0 bridgehead atoms. The first-order chi connectivity index (χ1) is 8.94. The van der Waals surface area contributed by atoms with Crippen LogP contribution < -0.4 is 4.74 Å². The van der Waals surface area contributed by atoms with Gasteiger partial charge in [-0.15, -0.1) is 0 Å². The number of nitrogens with zero attached hydrogens (tertiary/aromatic N) is 1. The van der Waals surface area contributed by atoms with E-state index in [0.717, 1.165) is 12.8 Å². The molecule has 108 valence electrons. The summed E-state index contributed by atoms with van der Waals surface area (Å²) in [5, 5.41) is 10.7. The number of benzene rings is 1. The molecule has 0 radical (unpaired) electrons. The van der Waals surface area contributed by atoms with Gasteiger partial charge >= 0.3 is 0 Å². The van der Waals surface area contributed by atoms with Gasteiger partial charge in [-0.05, 0) is 33.0 Å². The van der Waals surface area contributed by atoms with E-state index in [1.807, 2.05) is 32.8 Å². The van der Waals surface area contributed by atoms with Gasteiger partial charge in [0.25, 0.3) is 0 Å². The van der Waals surface area contributed by atoms with Crippen molar-refractivity contribution in [2.24, 2.45) is 0 Å². The SMILES string of the molecule is CCC(CC)(C(O)c1cccc(OC)c1F)N(C)C. The summed E-state index contributed by atoms with van der Waals surface area (Å²) >= 11 is 0. The van der Waals surface area contributed by atoms with Gasteiger partial charge in [-0.25, -0.2) is 4.39 Å². The smallest absolute Gasteiger partial charge is 0.170 e. The highest BCUT2D eigenvalue weighted by atomic mass is 19.1. The number of aliphatic hydroxyl groups is 1. The lowest BCUT2D eigenvalue weighted by atomic mass is 9.81. The van der Waals surface area contributed by atoms with Crippen LogP contribution in [0, 0.1) is 5.82 Å². The Bertz CT molecular complexity index is 417. The van der Waals surface area contributed by atoms with E-state index < -0.39 is 17.5 Å². The van der Waals surface area contributed by atoms with Crippen LogP contribution in [0.4, 0.5) is 4.39 Å². The van der Waals surface area contributed by atoms with E-state index in [2.05, 4.69) is 0 Å². The van der Waals surface area contributed by atoms with E-state index in [1.165, 1.54) is 7.11 Å². The fourth-order valence-electron chi connectivity index (χ4n) is 2.70. The summed E-state index contributed by atoms with van der Waals surface area (Å²) in [5.74, 6) is -0.318. The molecule has 1 rings (SSSR count). The molecule has 0 aliphatic carbocycles. The number of methoxy groups -OCH3 is 1. The van der Waals surface area contributed by atoms with E-state index >= 15 is 0 Å². The van der Waals surface area contributed by atoms with Crippen LogP contribution in [0.2, 0.25) is 0 Å². The molecule has 0 heterocycles. The zero-order chi connectivity index (χ0) is 14.6. The standard InChI is InChI=1S/C15H24FNO2/c1-6-15(7-2,17(3)4)14(18)11-9-8-10-12(19-5)13(11)16/h8-10,14,18H,6-7H2,1-5H3. The second-order valence-corrected chi connectivity index (χ2v) is 4.97. The third kappa shape index (κ3) is 2.74. The predicted octanol–water partition coefficient (Wildman–Crippen LogP) is 2.99. The number of aliphatic hydroxyl groups excluding tert-OH is 1. The maximum Gasteiger partial charge on any atom is 0.170 e. The minimum Gasteiger partial charge on any atom is -0.494 e. The van der Waals surface area contributed by atoms with Crippen LogP contribution in [0.3, 0.4) is 0 Å². The fraction of sp³-hybridized carbons (Fsp3) is 0.600.